The topological polar surface area (TPSA) is 70.5 Å². The van der Waals surface area contributed by atoms with E-state index >= 15 is 0 Å². The average molecular weight is 305 g/mol. The fraction of sp³-hybridized carbons (Fsp3) is 0.267. The third-order valence-electron chi connectivity index (χ3n) is 3.78. The number of carboxylic acid groups (broad SMARTS) is 1. The molecular weight excluding hydrogens is 292 g/mol. The van der Waals surface area contributed by atoms with E-state index in [1.807, 2.05) is 12.1 Å². The standard InChI is InChI=1S/C15H13ClN2O3/c16-13-10-5-2-1-4-9(10)11(8-17-13)14(19)18-7-3-6-12(18)15(20)21/h1-2,4-5,8,12H,3,6-7H2,(H,20,21)/t12-/m1/s1. The highest BCUT2D eigenvalue weighted by Crippen LogP contribution is 2.27. The number of carbonyl (C=O) groups excluding carboxylic acids is 1. The Morgan fingerprint density at radius 3 is 2.71 bits per heavy atom. The summed E-state index contributed by atoms with van der Waals surface area (Å²) < 4.78 is 0. The van der Waals surface area contributed by atoms with E-state index in [0.717, 1.165) is 0 Å². The molecule has 6 heteroatoms. The molecule has 0 radical (unpaired) electrons. The summed E-state index contributed by atoms with van der Waals surface area (Å²) in [6.45, 7) is 0.451. The van der Waals surface area contributed by atoms with Gasteiger partial charge in [-0.1, -0.05) is 35.9 Å². The molecule has 21 heavy (non-hydrogen) atoms. The van der Waals surface area contributed by atoms with Gasteiger partial charge < -0.3 is 10.0 Å². The van der Waals surface area contributed by atoms with E-state index < -0.39 is 12.0 Å². The summed E-state index contributed by atoms with van der Waals surface area (Å²) in [6.07, 6.45) is 2.60. The van der Waals surface area contributed by atoms with Crippen molar-refractivity contribution >= 4 is 34.2 Å². The number of carboxylic acids is 1. The van der Waals surface area contributed by atoms with Gasteiger partial charge in [0.1, 0.15) is 11.2 Å². The highest BCUT2D eigenvalue weighted by atomic mass is 35.5. The van der Waals surface area contributed by atoms with Crippen LogP contribution in [0, 0.1) is 0 Å². The fourth-order valence-corrected chi connectivity index (χ4v) is 2.96. The Kier molecular flexibility index (Phi) is 3.51. The summed E-state index contributed by atoms with van der Waals surface area (Å²) in [5.74, 6) is -1.27. The van der Waals surface area contributed by atoms with E-state index in [9.17, 15) is 14.7 Å². The van der Waals surface area contributed by atoms with E-state index in [0.29, 0.717) is 40.9 Å². The first-order chi connectivity index (χ1) is 10.1. The Bertz CT molecular complexity index is 732. The molecule has 0 aliphatic carbocycles. The van der Waals surface area contributed by atoms with E-state index in [2.05, 4.69) is 4.98 Å². The summed E-state index contributed by atoms with van der Waals surface area (Å²) in [6, 6.07) is 6.46. The summed E-state index contributed by atoms with van der Waals surface area (Å²) in [5.41, 5.74) is 0.392. The Hall–Kier alpha value is -2.14. The molecule has 1 aromatic carbocycles. The lowest BCUT2D eigenvalue weighted by molar-refractivity contribution is -0.141. The number of hydrogen-bond donors (Lipinski definition) is 1. The maximum absolute atomic E-state index is 12.7. The number of rotatable bonds is 2. The monoisotopic (exact) mass is 304 g/mol. The van der Waals surface area contributed by atoms with Crippen LogP contribution in [0.5, 0.6) is 0 Å². The van der Waals surface area contributed by atoms with Crippen molar-refractivity contribution in [3.63, 3.8) is 0 Å². The van der Waals surface area contributed by atoms with E-state index in [1.54, 1.807) is 12.1 Å². The second-order valence-corrected chi connectivity index (χ2v) is 5.36. The smallest absolute Gasteiger partial charge is 0.326 e. The zero-order valence-corrected chi connectivity index (χ0v) is 11.9. The zero-order valence-electron chi connectivity index (χ0n) is 11.1. The van der Waals surface area contributed by atoms with Crippen molar-refractivity contribution in [2.75, 3.05) is 6.54 Å². The van der Waals surface area contributed by atoms with Crippen LogP contribution in [-0.2, 0) is 4.79 Å². The second-order valence-electron chi connectivity index (χ2n) is 5.00. The van der Waals surface area contributed by atoms with Gasteiger partial charge in [0, 0.05) is 18.1 Å². The predicted octanol–water partition coefficient (Wildman–Crippen LogP) is 2.58. The van der Waals surface area contributed by atoms with Gasteiger partial charge in [0.25, 0.3) is 5.91 Å². The van der Waals surface area contributed by atoms with Crippen molar-refractivity contribution in [2.24, 2.45) is 0 Å². The van der Waals surface area contributed by atoms with Crippen molar-refractivity contribution < 1.29 is 14.7 Å². The molecule has 1 aliphatic heterocycles. The Morgan fingerprint density at radius 2 is 2.00 bits per heavy atom. The molecule has 1 atom stereocenters. The van der Waals surface area contributed by atoms with Crippen LogP contribution in [-0.4, -0.2) is 39.5 Å². The maximum atomic E-state index is 12.7. The molecule has 1 aliphatic rings. The molecule has 1 saturated heterocycles. The van der Waals surface area contributed by atoms with Gasteiger partial charge in [0.05, 0.1) is 5.56 Å². The lowest BCUT2D eigenvalue weighted by atomic mass is 10.1. The van der Waals surface area contributed by atoms with Crippen LogP contribution in [0.1, 0.15) is 23.2 Å². The molecule has 2 aromatic rings. The van der Waals surface area contributed by atoms with Crippen molar-refractivity contribution in [3.05, 3.63) is 41.2 Å². The highest BCUT2D eigenvalue weighted by Gasteiger charge is 2.35. The molecule has 1 aromatic heterocycles. The molecule has 0 spiro atoms. The zero-order chi connectivity index (χ0) is 15.0. The number of pyridine rings is 1. The molecule has 0 saturated carbocycles. The lowest BCUT2D eigenvalue weighted by Gasteiger charge is -2.22. The van der Waals surface area contributed by atoms with Crippen molar-refractivity contribution in [3.8, 4) is 0 Å². The number of carbonyl (C=O) groups is 2. The molecule has 1 fully saturated rings. The van der Waals surface area contributed by atoms with Gasteiger partial charge in [-0.05, 0) is 18.2 Å². The molecule has 1 N–H and O–H groups in total. The van der Waals surface area contributed by atoms with Crippen LogP contribution in [0.15, 0.2) is 30.5 Å². The first-order valence-electron chi connectivity index (χ1n) is 6.66. The Morgan fingerprint density at radius 1 is 1.29 bits per heavy atom. The highest BCUT2D eigenvalue weighted by molar-refractivity contribution is 6.34. The Balaban J connectivity index is 2.06. The molecular formula is C15H13ClN2O3. The minimum Gasteiger partial charge on any atom is -0.480 e. The van der Waals surface area contributed by atoms with Crippen LogP contribution in [0.2, 0.25) is 5.15 Å². The number of nitrogens with zero attached hydrogens (tertiary/aromatic N) is 2. The van der Waals surface area contributed by atoms with Gasteiger partial charge in [0.2, 0.25) is 0 Å². The predicted molar refractivity (Wildman–Crippen MR) is 78.4 cm³/mol. The van der Waals surface area contributed by atoms with E-state index in [-0.39, 0.29) is 5.91 Å². The SMILES string of the molecule is O=C(O)[C@H]1CCCN1C(=O)c1cnc(Cl)c2ccccc12. The molecule has 3 rings (SSSR count). The van der Waals surface area contributed by atoms with Gasteiger partial charge in [-0.2, -0.15) is 0 Å². The van der Waals surface area contributed by atoms with Crippen LogP contribution in [0.4, 0.5) is 0 Å². The molecule has 1 amide bonds. The van der Waals surface area contributed by atoms with Gasteiger partial charge in [-0.3, -0.25) is 4.79 Å². The van der Waals surface area contributed by atoms with Crippen LogP contribution in [0.3, 0.4) is 0 Å². The molecule has 108 valence electrons. The minimum absolute atomic E-state index is 0.305. The summed E-state index contributed by atoms with van der Waals surface area (Å²) >= 11 is 6.04. The largest absolute Gasteiger partial charge is 0.480 e. The number of aliphatic carboxylic acids is 1. The normalized spacial score (nSPS) is 18.1. The van der Waals surface area contributed by atoms with Gasteiger partial charge in [-0.15, -0.1) is 0 Å². The first-order valence-corrected chi connectivity index (χ1v) is 7.04. The van der Waals surface area contributed by atoms with Crippen LogP contribution >= 0.6 is 11.6 Å². The van der Waals surface area contributed by atoms with Crippen LogP contribution in [0.25, 0.3) is 10.8 Å². The van der Waals surface area contributed by atoms with Crippen molar-refractivity contribution in [2.45, 2.75) is 18.9 Å². The maximum Gasteiger partial charge on any atom is 0.326 e. The number of aromatic nitrogens is 1. The fourth-order valence-electron chi connectivity index (χ4n) is 2.75. The van der Waals surface area contributed by atoms with Crippen LogP contribution < -0.4 is 0 Å². The number of fused-ring (bicyclic) bond motifs is 1. The third kappa shape index (κ3) is 2.34. The molecule has 0 bridgehead atoms. The second kappa shape index (κ2) is 5.33. The quantitative estimate of drug-likeness (QED) is 0.866. The summed E-state index contributed by atoms with van der Waals surface area (Å²) in [5, 5.41) is 10.9. The number of likely N-dealkylation sites (tertiary alicyclic amines) is 1. The third-order valence-corrected chi connectivity index (χ3v) is 4.08. The van der Waals surface area contributed by atoms with Gasteiger partial charge in [0.15, 0.2) is 0 Å². The molecule has 5 nitrogen and oxygen atoms in total. The average Bonchev–Trinajstić information content (AvgIpc) is 2.97. The number of halogens is 1. The van der Waals surface area contributed by atoms with Gasteiger partial charge in [-0.25, -0.2) is 9.78 Å². The number of benzene rings is 1. The molecule has 2 heterocycles. The Labute approximate surface area is 126 Å². The van der Waals surface area contributed by atoms with E-state index in [4.69, 9.17) is 11.6 Å². The van der Waals surface area contributed by atoms with Crippen molar-refractivity contribution in [1.29, 1.82) is 0 Å². The number of amides is 1. The summed E-state index contributed by atoms with van der Waals surface area (Å²) in [7, 11) is 0. The van der Waals surface area contributed by atoms with Gasteiger partial charge >= 0.3 is 5.97 Å². The number of hydrogen-bond acceptors (Lipinski definition) is 3. The minimum atomic E-state index is -0.966. The summed E-state index contributed by atoms with van der Waals surface area (Å²) in [4.78, 5) is 29.3. The van der Waals surface area contributed by atoms with E-state index in [1.165, 1.54) is 11.1 Å². The van der Waals surface area contributed by atoms with Crippen molar-refractivity contribution in [1.82, 2.24) is 9.88 Å². The lowest BCUT2D eigenvalue weighted by Crippen LogP contribution is -2.40. The first kappa shape index (κ1) is 13.8. The molecule has 0 unspecified atom stereocenters.